The van der Waals surface area contributed by atoms with Crippen LogP contribution in [0.15, 0.2) is 17.3 Å². The van der Waals surface area contributed by atoms with Crippen LogP contribution >= 0.6 is 0 Å². The lowest BCUT2D eigenvalue weighted by molar-refractivity contribution is 0.552. The van der Waals surface area contributed by atoms with E-state index in [1.54, 1.807) is 0 Å². The van der Waals surface area contributed by atoms with Gasteiger partial charge in [0.15, 0.2) is 0 Å². The summed E-state index contributed by atoms with van der Waals surface area (Å²) in [6.45, 7) is 0. The molecule has 0 aliphatic carbocycles. The lowest BCUT2D eigenvalue weighted by atomic mass is 10.7. The summed E-state index contributed by atoms with van der Waals surface area (Å²) in [7, 11) is -3.06. The molecule has 1 rings (SSSR count). The highest BCUT2D eigenvalue weighted by Gasteiger charge is 2.12. The summed E-state index contributed by atoms with van der Waals surface area (Å²) in [4.78, 5) is -0.407. The van der Waals surface area contributed by atoms with E-state index in [1.807, 2.05) is 0 Å². The second kappa shape index (κ2) is 2.05. The van der Waals surface area contributed by atoms with Crippen LogP contribution in [0.5, 0.6) is 0 Å². The van der Waals surface area contributed by atoms with Crippen LogP contribution < -0.4 is 0 Å². The number of aromatic nitrogens is 2. The van der Waals surface area contributed by atoms with E-state index in [-0.39, 0.29) is 0 Å². The van der Waals surface area contributed by atoms with Gasteiger partial charge in [0.1, 0.15) is 4.90 Å². The molecule has 10 heavy (non-hydrogen) atoms. The van der Waals surface area contributed by atoms with Crippen molar-refractivity contribution in [3.05, 3.63) is 12.4 Å². The minimum absolute atomic E-state index is 0.407. The maximum atomic E-state index is 12.1. The van der Waals surface area contributed by atoms with Gasteiger partial charge < -0.3 is 0 Å². The predicted molar refractivity (Wildman–Crippen MR) is 31.5 cm³/mol. The molecule has 0 spiro atoms. The molecule has 0 aliphatic heterocycles. The van der Waals surface area contributed by atoms with E-state index in [0.29, 0.717) is 0 Å². The van der Waals surface area contributed by atoms with E-state index in [0.717, 1.165) is 12.4 Å². The van der Waals surface area contributed by atoms with Gasteiger partial charge in [0.25, 0.3) is 0 Å². The van der Waals surface area contributed by atoms with Crippen LogP contribution in [-0.4, -0.2) is 18.2 Å². The zero-order valence-electron chi connectivity index (χ0n) is 5.15. The molecule has 0 aliphatic rings. The molecule has 0 bridgehead atoms. The van der Waals surface area contributed by atoms with Crippen LogP contribution in [0.1, 0.15) is 0 Å². The van der Waals surface area contributed by atoms with Gasteiger partial charge in [-0.25, -0.2) is 0 Å². The number of aryl methyl sites for hydroxylation is 1. The fourth-order valence-corrected chi connectivity index (χ4v) is 0.976. The van der Waals surface area contributed by atoms with E-state index in [4.69, 9.17) is 0 Å². The summed E-state index contributed by atoms with van der Waals surface area (Å²) in [5.74, 6) is 0. The van der Waals surface area contributed by atoms with Gasteiger partial charge in [-0.3, -0.25) is 4.68 Å². The summed E-state index contributed by atoms with van der Waals surface area (Å²) in [6.07, 6.45) is 2.05. The summed E-state index contributed by atoms with van der Waals surface area (Å²) in [5.41, 5.74) is 0. The van der Waals surface area contributed by atoms with Gasteiger partial charge in [-0.05, 0) is 0 Å². The van der Waals surface area contributed by atoms with Gasteiger partial charge in [-0.2, -0.15) is 13.5 Å². The number of rotatable bonds is 1. The Labute approximate surface area is 57.5 Å². The first-order valence-corrected chi connectivity index (χ1v) is 3.82. The molecule has 0 unspecified atom stereocenters. The molecule has 0 saturated heterocycles. The molecule has 0 N–H and O–H groups in total. The van der Waals surface area contributed by atoms with Crippen molar-refractivity contribution in [1.82, 2.24) is 9.78 Å². The topological polar surface area (TPSA) is 52.0 Å². The average molecular weight is 164 g/mol. The predicted octanol–water partition coefficient (Wildman–Crippen LogP) is 0.0783. The summed E-state index contributed by atoms with van der Waals surface area (Å²) in [5, 5.41) is 3.48. The maximum absolute atomic E-state index is 12.1. The molecule has 56 valence electrons. The Bertz CT molecular complexity index is 329. The fourth-order valence-electron chi connectivity index (χ4n) is 0.525. The van der Waals surface area contributed by atoms with Crippen molar-refractivity contribution in [3.8, 4) is 0 Å². The van der Waals surface area contributed by atoms with Crippen LogP contribution in [0.25, 0.3) is 0 Å². The molecule has 0 fully saturated rings. The molecular formula is C4H5FN2O2S. The van der Waals surface area contributed by atoms with Crippen molar-refractivity contribution in [2.75, 3.05) is 0 Å². The maximum Gasteiger partial charge on any atom is 0.335 e. The Hall–Kier alpha value is -0.910. The normalized spacial score (nSPS) is 11.8. The molecule has 0 aromatic carbocycles. The van der Waals surface area contributed by atoms with Crippen molar-refractivity contribution in [3.63, 3.8) is 0 Å². The molecule has 1 aromatic heterocycles. The molecule has 0 atom stereocenters. The van der Waals surface area contributed by atoms with E-state index in [1.165, 1.54) is 11.7 Å². The van der Waals surface area contributed by atoms with Crippen LogP contribution in [0.4, 0.5) is 3.89 Å². The standard InChI is InChI=1S/C4H5FN2O2S/c1-7-3-4(2-6-7)10(5,8)9/h2-3H,1H3. The molecule has 1 aromatic rings. The highest BCUT2D eigenvalue weighted by molar-refractivity contribution is 7.86. The Morgan fingerprint density at radius 3 is 2.50 bits per heavy atom. The van der Waals surface area contributed by atoms with E-state index in [2.05, 4.69) is 5.10 Å². The lowest BCUT2D eigenvalue weighted by Crippen LogP contribution is -1.89. The second-order valence-electron chi connectivity index (χ2n) is 1.79. The first-order valence-electron chi connectivity index (χ1n) is 2.43. The SMILES string of the molecule is Cn1cc(S(=O)(=O)F)cn1. The van der Waals surface area contributed by atoms with Gasteiger partial charge in [0.2, 0.25) is 0 Å². The van der Waals surface area contributed by atoms with Gasteiger partial charge >= 0.3 is 10.2 Å². The van der Waals surface area contributed by atoms with Crippen LogP contribution in [-0.2, 0) is 17.3 Å². The Balaban J connectivity index is 3.21. The van der Waals surface area contributed by atoms with E-state index < -0.39 is 15.1 Å². The van der Waals surface area contributed by atoms with Crippen molar-refractivity contribution in [2.45, 2.75) is 4.90 Å². The number of hydrogen-bond donors (Lipinski definition) is 0. The van der Waals surface area contributed by atoms with Crippen molar-refractivity contribution in [1.29, 1.82) is 0 Å². The largest absolute Gasteiger partial charge is 0.335 e. The second-order valence-corrected chi connectivity index (χ2v) is 3.13. The van der Waals surface area contributed by atoms with Crippen LogP contribution in [0.2, 0.25) is 0 Å². The molecule has 0 amide bonds. The molecule has 0 radical (unpaired) electrons. The zero-order valence-corrected chi connectivity index (χ0v) is 5.97. The van der Waals surface area contributed by atoms with Gasteiger partial charge in [0, 0.05) is 13.2 Å². The van der Waals surface area contributed by atoms with Gasteiger partial charge in [-0.15, -0.1) is 3.89 Å². The number of halogens is 1. The van der Waals surface area contributed by atoms with Gasteiger partial charge in [0.05, 0.1) is 6.20 Å². The van der Waals surface area contributed by atoms with E-state index in [9.17, 15) is 12.3 Å². The minimum atomic E-state index is -4.57. The van der Waals surface area contributed by atoms with Gasteiger partial charge in [-0.1, -0.05) is 0 Å². The number of nitrogens with zero attached hydrogens (tertiary/aromatic N) is 2. The highest BCUT2D eigenvalue weighted by Crippen LogP contribution is 2.08. The van der Waals surface area contributed by atoms with Crippen LogP contribution in [0.3, 0.4) is 0 Å². The molecule has 4 nitrogen and oxygen atoms in total. The van der Waals surface area contributed by atoms with Crippen LogP contribution in [0, 0.1) is 0 Å². The van der Waals surface area contributed by atoms with Crippen molar-refractivity contribution < 1.29 is 12.3 Å². The molecule has 0 saturated carbocycles. The quantitative estimate of drug-likeness (QED) is 0.552. The third-order valence-electron chi connectivity index (χ3n) is 0.963. The Kier molecular flexibility index (Phi) is 1.47. The molecular weight excluding hydrogens is 159 g/mol. The monoisotopic (exact) mass is 164 g/mol. The summed E-state index contributed by atoms with van der Waals surface area (Å²) < 4.78 is 33.5. The average Bonchev–Trinajstić information content (AvgIpc) is 2.11. The molecule has 6 heteroatoms. The van der Waals surface area contributed by atoms with Crippen molar-refractivity contribution >= 4 is 10.2 Å². The van der Waals surface area contributed by atoms with Crippen molar-refractivity contribution in [2.24, 2.45) is 7.05 Å². The smallest absolute Gasteiger partial charge is 0.274 e. The third kappa shape index (κ3) is 1.32. The third-order valence-corrected chi connectivity index (χ3v) is 1.74. The molecule has 1 heterocycles. The first-order chi connectivity index (χ1) is 4.50. The summed E-state index contributed by atoms with van der Waals surface area (Å²) >= 11 is 0. The Morgan fingerprint density at radius 1 is 1.70 bits per heavy atom. The zero-order chi connectivity index (χ0) is 7.78. The number of hydrogen-bond acceptors (Lipinski definition) is 3. The lowest BCUT2D eigenvalue weighted by Gasteiger charge is -1.82. The first kappa shape index (κ1) is 7.20. The highest BCUT2D eigenvalue weighted by atomic mass is 32.3. The summed E-state index contributed by atoms with van der Waals surface area (Å²) in [6, 6.07) is 0. The Morgan fingerprint density at radius 2 is 2.30 bits per heavy atom. The van der Waals surface area contributed by atoms with E-state index >= 15 is 0 Å². The minimum Gasteiger partial charge on any atom is -0.274 e. The fraction of sp³-hybridized carbons (Fsp3) is 0.250.